The van der Waals surface area contributed by atoms with Gasteiger partial charge in [-0.3, -0.25) is 4.79 Å². The molecule has 1 rings (SSSR count). The van der Waals surface area contributed by atoms with E-state index in [0.717, 1.165) is 12.3 Å². The lowest BCUT2D eigenvalue weighted by molar-refractivity contribution is -0.323. The quantitative estimate of drug-likeness (QED) is 0.619. The molecule has 0 spiro atoms. The molecule has 3 nitrogen and oxygen atoms in total. The van der Waals surface area contributed by atoms with Crippen LogP contribution in [0.5, 0.6) is 5.88 Å². The number of carbonyl (C=O) groups is 1. The van der Waals surface area contributed by atoms with Crippen LogP contribution >= 0.6 is 0 Å². The fourth-order valence-electron chi connectivity index (χ4n) is 0.997. The van der Waals surface area contributed by atoms with E-state index >= 15 is 0 Å². The third-order valence-corrected chi connectivity index (χ3v) is 2.38. The lowest BCUT2D eigenvalue weighted by atomic mass is 9.89. The van der Waals surface area contributed by atoms with E-state index in [9.17, 15) is 31.1 Å². The Hall–Kier alpha value is -1.80. The van der Waals surface area contributed by atoms with Gasteiger partial charge in [-0.05, 0) is 13.0 Å². The van der Waals surface area contributed by atoms with Crippen LogP contribution in [0.4, 0.5) is 26.3 Å². The van der Waals surface area contributed by atoms with Gasteiger partial charge in [0.15, 0.2) is 0 Å². The first kappa shape index (κ1) is 15.3. The molecular weight excluding hydrogens is 280 g/mol. The first-order chi connectivity index (χ1) is 8.50. The fourth-order valence-corrected chi connectivity index (χ4v) is 0.997. The van der Waals surface area contributed by atoms with Gasteiger partial charge in [0.05, 0.1) is 0 Å². The third-order valence-electron chi connectivity index (χ3n) is 2.38. The van der Waals surface area contributed by atoms with Gasteiger partial charge >= 0.3 is 18.3 Å². The second-order valence-corrected chi connectivity index (χ2v) is 3.68. The second-order valence-electron chi connectivity index (χ2n) is 3.68. The van der Waals surface area contributed by atoms with E-state index in [2.05, 4.69) is 9.72 Å². The van der Waals surface area contributed by atoms with E-state index in [1.807, 2.05) is 0 Å². The number of esters is 1. The Morgan fingerprint density at radius 1 is 1.11 bits per heavy atom. The number of hydrogen-bond donors (Lipinski definition) is 0. The van der Waals surface area contributed by atoms with Crippen molar-refractivity contribution in [1.29, 1.82) is 0 Å². The maximum absolute atomic E-state index is 12.5. The van der Waals surface area contributed by atoms with Crippen molar-refractivity contribution in [3.63, 3.8) is 0 Å². The molecular formula is C10H7F6NO2. The minimum Gasteiger partial charge on any atom is -0.407 e. The van der Waals surface area contributed by atoms with Gasteiger partial charge in [-0.15, -0.1) is 0 Å². The highest BCUT2D eigenvalue weighted by Crippen LogP contribution is 2.50. The van der Waals surface area contributed by atoms with Crippen molar-refractivity contribution in [2.75, 3.05) is 0 Å². The Labute approximate surface area is 103 Å². The van der Waals surface area contributed by atoms with Crippen molar-refractivity contribution in [3.05, 3.63) is 24.4 Å². The zero-order chi connectivity index (χ0) is 14.9. The maximum atomic E-state index is 12.5. The summed E-state index contributed by atoms with van der Waals surface area (Å²) in [5.41, 5.74) is -4.61. The number of rotatable bonds is 2. The number of aromatic nitrogens is 1. The van der Waals surface area contributed by atoms with Crippen LogP contribution in [0.3, 0.4) is 0 Å². The summed E-state index contributed by atoms with van der Waals surface area (Å²) in [6.45, 7) is -0.279. The number of alkyl halides is 6. The number of ether oxygens (including phenoxy) is 1. The topological polar surface area (TPSA) is 39.2 Å². The maximum Gasteiger partial charge on any atom is 0.413 e. The van der Waals surface area contributed by atoms with E-state index in [-0.39, 0.29) is 6.92 Å². The van der Waals surface area contributed by atoms with E-state index < -0.39 is 29.6 Å². The van der Waals surface area contributed by atoms with Gasteiger partial charge in [0, 0.05) is 12.3 Å². The third kappa shape index (κ3) is 2.79. The lowest BCUT2D eigenvalue weighted by Crippen LogP contribution is -2.55. The van der Waals surface area contributed by atoms with Crippen LogP contribution in [0.1, 0.15) is 6.92 Å². The zero-order valence-corrected chi connectivity index (χ0v) is 9.34. The van der Waals surface area contributed by atoms with Crippen molar-refractivity contribution < 1.29 is 35.9 Å². The Morgan fingerprint density at radius 2 is 1.63 bits per heavy atom. The predicted molar refractivity (Wildman–Crippen MR) is 50.1 cm³/mol. The molecule has 0 aliphatic carbocycles. The number of pyridine rings is 1. The molecule has 0 N–H and O–H groups in total. The highest BCUT2D eigenvalue weighted by molar-refractivity contribution is 5.80. The van der Waals surface area contributed by atoms with Gasteiger partial charge in [-0.1, -0.05) is 6.07 Å². The SMILES string of the molecule is CC(C(=O)Oc1ccccn1)(C(F)(F)F)C(F)(F)F. The molecule has 0 fully saturated rings. The number of hydrogen-bond acceptors (Lipinski definition) is 3. The monoisotopic (exact) mass is 287 g/mol. The average molecular weight is 287 g/mol. The van der Waals surface area contributed by atoms with Crippen molar-refractivity contribution in [2.45, 2.75) is 19.3 Å². The van der Waals surface area contributed by atoms with Crippen molar-refractivity contribution >= 4 is 5.97 Å². The fraction of sp³-hybridized carbons (Fsp3) is 0.400. The molecule has 19 heavy (non-hydrogen) atoms. The summed E-state index contributed by atoms with van der Waals surface area (Å²) in [5, 5.41) is 0. The first-order valence-electron chi connectivity index (χ1n) is 4.77. The standard InChI is InChI=1S/C10H7F6NO2/c1-8(9(11,12)13,10(14,15)16)7(18)19-6-4-2-3-5-17-6/h2-5H,1H3. The largest absolute Gasteiger partial charge is 0.413 e. The Bertz CT molecular complexity index is 439. The molecule has 0 aliphatic rings. The van der Waals surface area contributed by atoms with Crippen LogP contribution in [-0.4, -0.2) is 23.3 Å². The van der Waals surface area contributed by atoms with E-state index in [1.165, 1.54) is 12.1 Å². The summed E-state index contributed by atoms with van der Waals surface area (Å²) in [7, 11) is 0. The smallest absolute Gasteiger partial charge is 0.407 e. The van der Waals surface area contributed by atoms with Crippen LogP contribution < -0.4 is 4.74 Å². The minimum absolute atomic E-state index is 0.279. The van der Waals surface area contributed by atoms with E-state index in [4.69, 9.17) is 0 Å². The van der Waals surface area contributed by atoms with Crippen molar-refractivity contribution in [1.82, 2.24) is 4.98 Å². The molecule has 1 aromatic heterocycles. The molecule has 9 heteroatoms. The number of nitrogens with zero attached hydrogens (tertiary/aromatic N) is 1. The molecule has 0 amide bonds. The molecule has 0 aromatic carbocycles. The summed E-state index contributed by atoms with van der Waals surface area (Å²) < 4.78 is 79.1. The van der Waals surface area contributed by atoms with E-state index in [1.54, 1.807) is 0 Å². The van der Waals surface area contributed by atoms with Gasteiger partial charge in [-0.2, -0.15) is 26.3 Å². The van der Waals surface area contributed by atoms with Crippen LogP contribution in [-0.2, 0) is 4.79 Å². The molecule has 0 saturated carbocycles. The molecule has 0 saturated heterocycles. The summed E-state index contributed by atoms with van der Waals surface area (Å²) in [4.78, 5) is 14.5. The van der Waals surface area contributed by atoms with E-state index in [0.29, 0.717) is 0 Å². The Kier molecular flexibility index (Phi) is 3.78. The first-order valence-corrected chi connectivity index (χ1v) is 4.77. The molecule has 1 aromatic rings. The highest BCUT2D eigenvalue weighted by Gasteiger charge is 2.73. The van der Waals surface area contributed by atoms with Gasteiger partial charge in [0.1, 0.15) is 0 Å². The molecule has 0 aliphatic heterocycles. The van der Waals surface area contributed by atoms with Crippen molar-refractivity contribution in [3.8, 4) is 5.88 Å². The summed E-state index contributed by atoms with van der Waals surface area (Å²) in [6.07, 6.45) is -10.6. The molecule has 0 radical (unpaired) electrons. The molecule has 0 atom stereocenters. The van der Waals surface area contributed by atoms with Crippen LogP contribution in [0.15, 0.2) is 24.4 Å². The van der Waals surface area contributed by atoms with Crippen LogP contribution in [0.2, 0.25) is 0 Å². The zero-order valence-electron chi connectivity index (χ0n) is 9.34. The second kappa shape index (κ2) is 4.71. The molecule has 106 valence electrons. The molecule has 1 heterocycles. The van der Waals surface area contributed by atoms with Gasteiger partial charge < -0.3 is 4.74 Å². The summed E-state index contributed by atoms with van der Waals surface area (Å²) in [5.74, 6) is -3.13. The summed E-state index contributed by atoms with van der Waals surface area (Å²) >= 11 is 0. The van der Waals surface area contributed by atoms with Crippen LogP contribution in [0.25, 0.3) is 0 Å². The molecule has 0 bridgehead atoms. The van der Waals surface area contributed by atoms with Gasteiger partial charge in [0.25, 0.3) is 5.41 Å². The van der Waals surface area contributed by atoms with Gasteiger partial charge in [0.2, 0.25) is 5.88 Å². The average Bonchev–Trinajstić information content (AvgIpc) is 2.26. The normalized spacial score (nSPS) is 13.2. The number of halogens is 6. The molecule has 0 unspecified atom stereocenters. The van der Waals surface area contributed by atoms with Gasteiger partial charge in [-0.25, -0.2) is 4.98 Å². The minimum atomic E-state index is -5.84. The van der Waals surface area contributed by atoms with Crippen molar-refractivity contribution in [2.24, 2.45) is 5.41 Å². The lowest BCUT2D eigenvalue weighted by Gasteiger charge is -2.31. The predicted octanol–water partition coefficient (Wildman–Crippen LogP) is 3.12. The Balaban J connectivity index is 3.11. The van der Waals surface area contributed by atoms with Crippen LogP contribution in [0, 0.1) is 5.41 Å². The summed E-state index contributed by atoms with van der Waals surface area (Å²) in [6, 6.07) is 3.56. The Morgan fingerprint density at radius 3 is 2.00 bits per heavy atom. The highest BCUT2D eigenvalue weighted by atomic mass is 19.4. The number of carbonyl (C=O) groups excluding carboxylic acids is 1.